The fourth-order valence-electron chi connectivity index (χ4n) is 0.788. The summed E-state index contributed by atoms with van der Waals surface area (Å²) in [6, 6.07) is 4.10. The molecular formula is C9H11NS. The second kappa shape index (κ2) is 2.67. The second-order valence-electron chi connectivity index (χ2n) is 3.56. The minimum Gasteiger partial charge on any atom is -0.192 e. The minimum absolute atomic E-state index is 0.172. The van der Waals surface area contributed by atoms with Crippen molar-refractivity contribution in [2.24, 2.45) is 0 Å². The fourth-order valence-corrected chi connectivity index (χ4v) is 1.71. The van der Waals surface area contributed by atoms with E-state index in [1.54, 1.807) is 0 Å². The van der Waals surface area contributed by atoms with E-state index >= 15 is 0 Å². The van der Waals surface area contributed by atoms with Crippen LogP contribution < -0.4 is 0 Å². The van der Waals surface area contributed by atoms with Crippen LogP contribution in [-0.4, -0.2) is 0 Å². The van der Waals surface area contributed by atoms with E-state index in [-0.39, 0.29) is 5.41 Å². The van der Waals surface area contributed by atoms with E-state index in [1.165, 1.54) is 16.9 Å². The van der Waals surface area contributed by atoms with Crippen molar-refractivity contribution >= 4 is 11.3 Å². The molecule has 0 saturated carbocycles. The fraction of sp³-hybridized carbons (Fsp3) is 0.444. The molecule has 58 valence electrons. The van der Waals surface area contributed by atoms with Crippen molar-refractivity contribution in [3.8, 4) is 6.07 Å². The van der Waals surface area contributed by atoms with Gasteiger partial charge in [0, 0.05) is 0 Å². The van der Waals surface area contributed by atoms with Gasteiger partial charge < -0.3 is 0 Å². The predicted molar refractivity (Wildman–Crippen MR) is 47.7 cm³/mol. The summed E-state index contributed by atoms with van der Waals surface area (Å²) < 4.78 is 0. The van der Waals surface area contributed by atoms with Gasteiger partial charge in [-0.25, -0.2) is 0 Å². The van der Waals surface area contributed by atoms with Gasteiger partial charge in [-0.2, -0.15) is 5.26 Å². The van der Waals surface area contributed by atoms with E-state index < -0.39 is 0 Å². The van der Waals surface area contributed by atoms with Crippen molar-refractivity contribution < 1.29 is 0 Å². The van der Waals surface area contributed by atoms with Crippen LogP contribution in [0.4, 0.5) is 0 Å². The smallest absolute Gasteiger partial charge is 0.110 e. The van der Waals surface area contributed by atoms with E-state index in [4.69, 9.17) is 5.26 Å². The van der Waals surface area contributed by atoms with Crippen LogP contribution in [0.2, 0.25) is 0 Å². The molecule has 0 radical (unpaired) electrons. The highest BCUT2D eigenvalue weighted by Gasteiger charge is 2.14. The molecule has 0 aliphatic heterocycles. The van der Waals surface area contributed by atoms with Crippen LogP contribution in [0.5, 0.6) is 0 Å². The summed E-state index contributed by atoms with van der Waals surface area (Å²) in [6.45, 7) is 6.45. The molecule has 0 spiro atoms. The Balaban J connectivity index is 3.01. The first-order chi connectivity index (χ1) is 5.04. The molecule has 0 saturated heterocycles. The number of thiophene rings is 1. The molecule has 0 aliphatic rings. The number of hydrogen-bond acceptors (Lipinski definition) is 2. The zero-order valence-electron chi connectivity index (χ0n) is 7.01. The Bertz CT molecular complexity index is 285. The number of nitrogens with zero attached hydrogens (tertiary/aromatic N) is 1. The van der Waals surface area contributed by atoms with Gasteiger partial charge in [0.05, 0.1) is 0 Å². The molecule has 0 atom stereocenters. The van der Waals surface area contributed by atoms with Crippen LogP contribution in [-0.2, 0) is 5.41 Å². The lowest BCUT2D eigenvalue weighted by Crippen LogP contribution is -2.08. The van der Waals surface area contributed by atoms with Crippen molar-refractivity contribution in [3.63, 3.8) is 0 Å². The van der Waals surface area contributed by atoms with Crippen LogP contribution >= 0.6 is 11.3 Å². The van der Waals surface area contributed by atoms with Gasteiger partial charge in [0.2, 0.25) is 0 Å². The van der Waals surface area contributed by atoms with Crippen molar-refractivity contribution in [1.82, 2.24) is 0 Å². The molecule has 0 bridgehead atoms. The summed E-state index contributed by atoms with van der Waals surface area (Å²) in [4.78, 5) is 0.801. The Labute approximate surface area is 71.3 Å². The molecule has 0 unspecified atom stereocenters. The maximum atomic E-state index is 8.58. The van der Waals surface area contributed by atoms with Crippen LogP contribution in [0.3, 0.4) is 0 Å². The van der Waals surface area contributed by atoms with Crippen LogP contribution in [0.15, 0.2) is 11.4 Å². The van der Waals surface area contributed by atoms with Gasteiger partial charge in [-0.15, -0.1) is 11.3 Å². The topological polar surface area (TPSA) is 23.8 Å². The molecular weight excluding hydrogens is 154 g/mol. The van der Waals surface area contributed by atoms with E-state index in [0.29, 0.717) is 0 Å². The van der Waals surface area contributed by atoms with Gasteiger partial charge in [-0.05, 0) is 22.4 Å². The molecule has 1 aromatic rings. The molecule has 2 heteroatoms. The molecule has 0 amide bonds. The Hall–Kier alpha value is -0.810. The highest BCUT2D eigenvalue weighted by atomic mass is 32.1. The largest absolute Gasteiger partial charge is 0.192 e. The van der Waals surface area contributed by atoms with Crippen molar-refractivity contribution in [3.05, 3.63) is 21.9 Å². The molecule has 0 fully saturated rings. The molecule has 1 rings (SSSR count). The Kier molecular flexibility index (Phi) is 2.01. The van der Waals surface area contributed by atoms with Crippen molar-refractivity contribution in [2.75, 3.05) is 0 Å². The highest BCUT2D eigenvalue weighted by molar-refractivity contribution is 7.10. The van der Waals surface area contributed by atoms with E-state index in [1.807, 2.05) is 6.07 Å². The number of hydrogen-bond donors (Lipinski definition) is 0. The monoisotopic (exact) mass is 165 g/mol. The quantitative estimate of drug-likeness (QED) is 0.580. The van der Waals surface area contributed by atoms with Crippen LogP contribution in [0, 0.1) is 11.3 Å². The van der Waals surface area contributed by atoms with Gasteiger partial charge in [-0.3, -0.25) is 0 Å². The summed E-state index contributed by atoms with van der Waals surface area (Å²) in [7, 11) is 0. The van der Waals surface area contributed by atoms with Gasteiger partial charge in [0.25, 0.3) is 0 Å². The first-order valence-corrected chi connectivity index (χ1v) is 4.41. The SMILES string of the molecule is CC(C)(C)c1csc(C#N)c1. The van der Waals surface area contributed by atoms with Crippen molar-refractivity contribution in [2.45, 2.75) is 26.2 Å². The van der Waals surface area contributed by atoms with E-state index in [2.05, 4.69) is 32.2 Å². The summed E-state index contributed by atoms with van der Waals surface area (Å²) in [6.07, 6.45) is 0. The normalized spacial score (nSPS) is 11.1. The van der Waals surface area contributed by atoms with Gasteiger partial charge in [0.1, 0.15) is 10.9 Å². The third-order valence-corrected chi connectivity index (χ3v) is 2.41. The molecule has 11 heavy (non-hydrogen) atoms. The molecule has 0 aromatic carbocycles. The van der Waals surface area contributed by atoms with Crippen LogP contribution in [0.25, 0.3) is 0 Å². The van der Waals surface area contributed by atoms with Crippen LogP contribution in [0.1, 0.15) is 31.2 Å². The average Bonchev–Trinajstić information content (AvgIpc) is 2.32. The summed E-state index contributed by atoms with van der Waals surface area (Å²) in [5.74, 6) is 0. The lowest BCUT2D eigenvalue weighted by atomic mass is 9.89. The van der Waals surface area contributed by atoms with Gasteiger partial charge in [-0.1, -0.05) is 20.8 Å². The Morgan fingerprint density at radius 1 is 1.45 bits per heavy atom. The predicted octanol–water partition coefficient (Wildman–Crippen LogP) is 2.92. The average molecular weight is 165 g/mol. The zero-order valence-corrected chi connectivity index (χ0v) is 7.83. The number of nitriles is 1. The van der Waals surface area contributed by atoms with E-state index in [0.717, 1.165) is 4.88 Å². The maximum Gasteiger partial charge on any atom is 0.110 e. The van der Waals surface area contributed by atoms with Gasteiger partial charge >= 0.3 is 0 Å². The maximum absolute atomic E-state index is 8.58. The standard InChI is InChI=1S/C9H11NS/c1-9(2,3)7-4-8(5-10)11-6-7/h4,6H,1-3H3. The van der Waals surface area contributed by atoms with Gasteiger partial charge in [0.15, 0.2) is 0 Å². The number of rotatable bonds is 0. The second-order valence-corrected chi connectivity index (χ2v) is 4.47. The molecule has 1 heterocycles. The lowest BCUT2D eigenvalue weighted by Gasteiger charge is -2.15. The molecule has 1 nitrogen and oxygen atoms in total. The third-order valence-electron chi connectivity index (χ3n) is 1.58. The minimum atomic E-state index is 0.172. The molecule has 0 aliphatic carbocycles. The third kappa shape index (κ3) is 1.81. The Morgan fingerprint density at radius 2 is 2.09 bits per heavy atom. The lowest BCUT2D eigenvalue weighted by molar-refractivity contribution is 0.592. The van der Waals surface area contributed by atoms with Crippen molar-refractivity contribution in [1.29, 1.82) is 5.26 Å². The molecule has 1 aromatic heterocycles. The molecule has 0 N–H and O–H groups in total. The zero-order chi connectivity index (χ0) is 8.48. The highest BCUT2D eigenvalue weighted by Crippen LogP contribution is 2.26. The Morgan fingerprint density at radius 3 is 2.36 bits per heavy atom. The summed E-state index contributed by atoms with van der Waals surface area (Å²) in [5.41, 5.74) is 1.42. The summed E-state index contributed by atoms with van der Waals surface area (Å²) >= 11 is 1.52. The van der Waals surface area contributed by atoms with E-state index in [9.17, 15) is 0 Å². The summed E-state index contributed by atoms with van der Waals surface area (Å²) in [5, 5.41) is 10.6. The first kappa shape index (κ1) is 8.29. The first-order valence-electron chi connectivity index (χ1n) is 3.53.